The van der Waals surface area contributed by atoms with Crippen LogP contribution < -0.4 is 10.1 Å². The number of ether oxygens (including phenoxy) is 1. The van der Waals surface area contributed by atoms with Gasteiger partial charge in [-0.25, -0.2) is 0 Å². The molecule has 0 aromatic heterocycles. The molecule has 0 aliphatic carbocycles. The Bertz CT molecular complexity index is 882. The van der Waals surface area contributed by atoms with Gasteiger partial charge in [0, 0.05) is 26.0 Å². The number of aliphatic hydroxyl groups is 1. The predicted molar refractivity (Wildman–Crippen MR) is 132 cm³/mol. The quantitative estimate of drug-likeness (QED) is 0.238. The van der Waals surface area contributed by atoms with Crippen molar-refractivity contribution >= 4 is 46.4 Å². The summed E-state index contributed by atoms with van der Waals surface area (Å²) in [4.78, 5) is 33.6. The zero-order valence-electron chi connectivity index (χ0n) is 18.8. The minimum atomic E-state index is -0.277. The number of thioether (sulfide) groups is 1. The fourth-order valence-corrected chi connectivity index (χ4v) is 3.71. The number of amides is 1. The normalized spacial score (nSPS) is 10.8. The molecule has 6 nitrogen and oxygen atoms in total. The average Bonchev–Trinajstić information content (AvgIpc) is 2.84. The number of hydrogen-bond donors (Lipinski definition) is 2. The molecule has 0 saturated heterocycles. The van der Waals surface area contributed by atoms with E-state index in [2.05, 4.69) is 5.32 Å². The van der Waals surface area contributed by atoms with Crippen LogP contribution in [-0.2, 0) is 9.59 Å². The molecular weight excluding hydrogens is 426 g/mol. The third-order valence-corrected chi connectivity index (χ3v) is 5.56. The highest BCUT2D eigenvalue weighted by atomic mass is 32.2. The van der Waals surface area contributed by atoms with E-state index >= 15 is 0 Å². The predicted octanol–water partition coefficient (Wildman–Crippen LogP) is 5.37. The van der Waals surface area contributed by atoms with E-state index in [-0.39, 0.29) is 5.24 Å². The first kappa shape index (κ1) is 27.4. The molecule has 0 atom stereocenters. The maximum atomic E-state index is 11.6. The summed E-state index contributed by atoms with van der Waals surface area (Å²) in [7, 11) is 2.53. The van der Waals surface area contributed by atoms with E-state index in [1.54, 1.807) is 6.08 Å². The zero-order valence-corrected chi connectivity index (χ0v) is 19.7. The molecule has 2 aromatic carbocycles. The summed E-state index contributed by atoms with van der Waals surface area (Å²) >= 11 is 0.874. The van der Waals surface area contributed by atoms with Crippen LogP contribution in [0.5, 0.6) is 5.75 Å². The summed E-state index contributed by atoms with van der Waals surface area (Å²) in [5.41, 5.74) is 0.867. The number of rotatable bonds is 13. The SMILES string of the molecule is CNC(=O)S/C(C=O)=C\c1ccc(OCCCCCCCCC=O)c2ccccc12.CO. The molecule has 0 aliphatic heterocycles. The minimum Gasteiger partial charge on any atom is -0.493 e. The number of carbonyl (C=O) groups is 3. The average molecular weight is 460 g/mol. The topological polar surface area (TPSA) is 92.7 Å². The lowest BCUT2D eigenvalue weighted by molar-refractivity contribution is -0.108. The molecular formula is C25H33NO5S. The number of unbranched alkanes of at least 4 members (excludes halogenated alkanes) is 6. The van der Waals surface area contributed by atoms with Gasteiger partial charge in [-0.3, -0.25) is 9.59 Å². The van der Waals surface area contributed by atoms with Crippen molar-refractivity contribution in [1.82, 2.24) is 5.32 Å². The second-order valence-electron chi connectivity index (χ2n) is 6.93. The highest BCUT2D eigenvalue weighted by Gasteiger charge is 2.09. The Morgan fingerprint density at radius 3 is 2.28 bits per heavy atom. The van der Waals surface area contributed by atoms with Crippen LogP contribution in [0.3, 0.4) is 0 Å². The van der Waals surface area contributed by atoms with E-state index in [0.29, 0.717) is 24.2 Å². The molecule has 1 amide bonds. The van der Waals surface area contributed by atoms with Crippen LogP contribution in [0.25, 0.3) is 16.8 Å². The van der Waals surface area contributed by atoms with Crippen molar-refractivity contribution in [2.45, 2.75) is 44.9 Å². The van der Waals surface area contributed by atoms with Crippen molar-refractivity contribution < 1.29 is 24.2 Å². The smallest absolute Gasteiger partial charge is 0.283 e. The van der Waals surface area contributed by atoms with Crippen molar-refractivity contribution in [1.29, 1.82) is 0 Å². The van der Waals surface area contributed by atoms with Gasteiger partial charge in [0.2, 0.25) is 0 Å². The second kappa shape index (κ2) is 17.0. The molecule has 7 heteroatoms. The number of nitrogens with one attached hydrogen (secondary N) is 1. The van der Waals surface area contributed by atoms with Gasteiger partial charge in [0.1, 0.15) is 12.0 Å². The first-order valence-corrected chi connectivity index (χ1v) is 11.6. The van der Waals surface area contributed by atoms with Crippen molar-refractivity contribution in [3.63, 3.8) is 0 Å². The Hall–Kier alpha value is -2.64. The van der Waals surface area contributed by atoms with Crippen LogP contribution in [0.1, 0.15) is 50.5 Å². The van der Waals surface area contributed by atoms with Crippen molar-refractivity contribution in [2.24, 2.45) is 0 Å². The van der Waals surface area contributed by atoms with E-state index in [1.165, 1.54) is 7.05 Å². The van der Waals surface area contributed by atoms with Gasteiger partial charge in [-0.15, -0.1) is 0 Å². The van der Waals surface area contributed by atoms with Crippen LogP contribution in [0.15, 0.2) is 41.3 Å². The maximum absolute atomic E-state index is 11.6. The lowest BCUT2D eigenvalue weighted by atomic mass is 10.0. The largest absolute Gasteiger partial charge is 0.493 e. The van der Waals surface area contributed by atoms with Gasteiger partial charge in [-0.1, -0.05) is 56.0 Å². The molecule has 0 unspecified atom stereocenters. The van der Waals surface area contributed by atoms with Crippen LogP contribution >= 0.6 is 11.8 Å². The van der Waals surface area contributed by atoms with Gasteiger partial charge in [0.15, 0.2) is 6.29 Å². The monoisotopic (exact) mass is 459 g/mol. The summed E-state index contributed by atoms with van der Waals surface area (Å²) in [6.07, 6.45) is 10.6. The summed E-state index contributed by atoms with van der Waals surface area (Å²) in [5.74, 6) is 0.820. The third kappa shape index (κ3) is 9.66. The Balaban J connectivity index is 0.00000249. The fourth-order valence-electron chi connectivity index (χ4n) is 3.16. The van der Waals surface area contributed by atoms with Crippen LogP contribution in [0, 0.1) is 0 Å². The molecule has 32 heavy (non-hydrogen) atoms. The van der Waals surface area contributed by atoms with E-state index in [4.69, 9.17) is 9.84 Å². The number of carbonyl (C=O) groups excluding carboxylic acids is 3. The Morgan fingerprint density at radius 1 is 0.969 bits per heavy atom. The van der Waals surface area contributed by atoms with Gasteiger partial charge < -0.3 is 20.0 Å². The second-order valence-corrected chi connectivity index (χ2v) is 7.97. The first-order chi connectivity index (χ1) is 15.7. The number of aldehydes is 2. The van der Waals surface area contributed by atoms with Crippen molar-refractivity contribution in [3.05, 3.63) is 46.9 Å². The molecule has 174 valence electrons. The molecule has 0 radical (unpaired) electrons. The summed E-state index contributed by atoms with van der Waals surface area (Å²) in [5, 5.41) is 11.2. The molecule has 0 spiro atoms. The summed E-state index contributed by atoms with van der Waals surface area (Å²) in [6, 6.07) is 11.7. The lowest BCUT2D eigenvalue weighted by Gasteiger charge is -2.12. The highest BCUT2D eigenvalue weighted by molar-refractivity contribution is 8.17. The molecule has 0 saturated carbocycles. The van der Waals surface area contributed by atoms with Crippen molar-refractivity contribution in [3.8, 4) is 5.75 Å². The summed E-state index contributed by atoms with van der Waals surface area (Å²) < 4.78 is 6.03. The number of allylic oxidation sites excluding steroid dienone is 1. The van der Waals surface area contributed by atoms with Gasteiger partial charge in [0.25, 0.3) is 5.24 Å². The van der Waals surface area contributed by atoms with E-state index in [1.807, 2.05) is 36.4 Å². The van der Waals surface area contributed by atoms with Gasteiger partial charge >= 0.3 is 0 Å². The van der Waals surface area contributed by atoms with E-state index in [0.717, 1.165) is 85.8 Å². The van der Waals surface area contributed by atoms with Crippen LogP contribution in [0.4, 0.5) is 4.79 Å². The first-order valence-electron chi connectivity index (χ1n) is 10.8. The fraction of sp³-hybridized carbons (Fsp3) is 0.400. The minimum absolute atomic E-state index is 0.277. The highest BCUT2D eigenvalue weighted by Crippen LogP contribution is 2.31. The van der Waals surface area contributed by atoms with E-state index < -0.39 is 0 Å². The van der Waals surface area contributed by atoms with Crippen LogP contribution in [-0.4, -0.2) is 43.7 Å². The lowest BCUT2D eigenvalue weighted by Crippen LogP contribution is -2.11. The molecule has 2 N–H and O–H groups in total. The number of benzene rings is 2. The maximum Gasteiger partial charge on any atom is 0.283 e. The molecule has 0 fully saturated rings. The standard InChI is InChI=1S/C24H29NO4S.CH4O/c1-25-24(28)30-20(18-27)17-19-13-14-23(22-12-8-7-11-21(19)22)29-16-10-6-4-2-3-5-9-15-26;1-2/h7-8,11-15,17-18H,2-6,9-10,16H2,1H3,(H,25,28);2H,1H3/b20-17-;. The summed E-state index contributed by atoms with van der Waals surface area (Å²) in [6.45, 7) is 0.652. The number of fused-ring (bicyclic) bond motifs is 1. The van der Waals surface area contributed by atoms with Gasteiger partial charge in [-0.2, -0.15) is 0 Å². The zero-order chi connectivity index (χ0) is 23.6. The Labute approximate surface area is 194 Å². The third-order valence-electron chi connectivity index (χ3n) is 4.72. The molecule has 0 heterocycles. The molecule has 2 rings (SSSR count). The molecule has 0 bridgehead atoms. The van der Waals surface area contributed by atoms with Gasteiger partial charge in [0.05, 0.1) is 11.5 Å². The van der Waals surface area contributed by atoms with Crippen LogP contribution in [0.2, 0.25) is 0 Å². The molecule has 2 aromatic rings. The van der Waals surface area contributed by atoms with Crippen molar-refractivity contribution in [2.75, 3.05) is 20.8 Å². The number of hydrogen-bond acceptors (Lipinski definition) is 6. The Kier molecular flexibility index (Phi) is 14.5. The number of aliphatic hydroxyl groups excluding tert-OH is 1. The van der Waals surface area contributed by atoms with E-state index in [9.17, 15) is 14.4 Å². The van der Waals surface area contributed by atoms with Gasteiger partial charge in [-0.05, 0) is 47.7 Å². The Morgan fingerprint density at radius 2 is 1.62 bits per heavy atom. The molecule has 0 aliphatic rings.